The number of amides is 1. The van der Waals surface area contributed by atoms with Gasteiger partial charge in [0, 0.05) is 30.8 Å². The van der Waals surface area contributed by atoms with Gasteiger partial charge in [-0.2, -0.15) is 5.10 Å². The van der Waals surface area contributed by atoms with Crippen LogP contribution < -0.4 is 10.1 Å². The molecule has 1 aliphatic heterocycles. The molecule has 2 aromatic heterocycles. The van der Waals surface area contributed by atoms with Crippen LogP contribution in [0.4, 0.5) is 15.9 Å². The number of fused-ring (bicyclic) bond motifs is 1. The lowest BCUT2D eigenvalue weighted by Crippen LogP contribution is -2.35. The first-order valence-electron chi connectivity index (χ1n) is 10.1. The van der Waals surface area contributed by atoms with Crippen molar-refractivity contribution in [2.45, 2.75) is 12.8 Å². The molecule has 31 heavy (non-hydrogen) atoms. The Labute approximate surface area is 188 Å². The van der Waals surface area contributed by atoms with Crippen molar-refractivity contribution in [1.82, 2.24) is 24.4 Å². The van der Waals surface area contributed by atoms with Crippen LogP contribution in [0.5, 0.6) is 5.75 Å². The number of ether oxygens (including phenoxy) is 1. The Morgan fingerprint density at radius 3 is 2.84 bits per heavy atom. The maximum absolute atomic E-state index is 14.3. The summed E-state index contributed by atoms with van der Waals surface area (Å²) in [4.78, 5) is 21.4. The number of nitrogens with zero attached hydrogens (tertiary/aromatic N) is 5. The third kappa shape index (κ3) is 4.49. The Balaban J connectivity index is 1.62. The minimum atomic E-state index is -0.436. The first-order valence-corrected chi connectivity index (χ1v) is 10.9. The van der Waals surface area contributed by atoms with Crippen LogP contribution in [0, 0.1) is 5.82 Å². The quantitative estimate of drug-likeness (QED) is 0.545. The van der Waals surface area contributed by atoms with E-state index >= 15 is 0 Å². The molecule has 0 saturated carbocycles. The number of rotatable bonds is 7. The molecule has 0 unspecified atom stereocenters. The molecule has 0 spiro atoms. The Bertz CT molecular complexity index is 1100. The summed E-state index contributed by atoms with van der Waals surface area (Å²) < 4.78 is 22.1. The van der Waals surface area contributed by atoms with Crippen LogP contribution in [0.3, 0.4) is 0 Å². The summed E-state index contributed by atoms with van der Waals surface area (Å²) in [5.41, 5.74) is 1.09. The normalized spacial score (nSPS) is 14.2. The molecule has 1 fully saturated rings. The highest BCUT2D eigenvalue weighted by Gasteiger charge is 2.25. The molecule has 0 radical (unpaired) electrons. The third-order valence-corrected chi connectivity index (χ3v) is 5.94. The second kappa shape index (κ2) is 9.19. The number of anilines is 2. The lowest BCUT2D eigenvalue weighted by Gasteiger charge is -2.21. The highest BCUT2D eigenvalue weighted by atomic mass is 79.9. The minimum Gasteiger partial charge on any atom is -0.493 e. The van der Waals surface area contributed by atoms with E-state index in [2.05, 4.69) is 36.2 Å². The van der Waals surface area contributed by atoms with E-state index in [0.29, 0.717) is 33.7 Å². The number of benzene rings is 1. The van der Waals surface area contributed by atoms with Gasteiger partial charge in [0.25, 0.3) is 5.91 Å². The zero-order valence-electron chi connectivity index (χ0n) is 17.4. The number of likely N-dealkylation sites (N-methyl/N-ethyl adjacent to an activating group) is 1. The highest BCUT2D eigenvalue weighted by molar-refractivity contribution is 9.10. The van der Waals surface area contributed by atoms with Gasteiger partial charge in [-0.3, -0.25) is 4.79 Å². The number of methoxy groups -OCH3 is 1. The van der Waals surface area contributed by atoms with Crippen molar-refractivity contribution in [2.75, 3.05) is 45.7 Å². The average molecular weight is 491 g/mol. The van der Waals surface area contributed by atoms with Crippen molar-refractivity contribution in [2.24, 2.45) is 0 Å². The molecule has 1 amide bonds. The smallest absolute Gasteiger partial charge is 0.259 e. The molecule has 4 rings (SSSR count). The van der Waals surface area contributed by atoms with Gasteiger partial charge in [0.1, 0.15) is 17.7 Å². The van der Waals surface area contributed by atoms with Crippen molar-refractivity contribution >= 4 is 38.9 Å². The van der Waals surface area contributed by atoms with Gasteiger partial charge in [-0.05, 0) is 44.1 Å². The Morgan fingerprint density at radius 1 is 1.35 bits per heavy atom. The second-order valence-corrected chi connectivity index (χ2v) is 8.42. The van der Waals surface area contributed by atoms with Crippen LogP contribution in [0.15, 0.2) is 35.2 Å². The van der Waals surface area contributed by atoms with Crippen LogP contribution in [0.1, 0.15) is 23.2 Å². The van der Waals surface area contributed by atoms with E-state index in [1.165, 1.54) is 36.9 Å². The summed E-state index contributed by atoms with van der Waals surface area (Å²) in [6, 6.07) is 4.69. The van der Waals surface area contributed by atoms with Gasteiger partial charge >= 0.3 is 0 Å². The SMILES string of the molecule is COc1c(C(=O)N(C)CCN2CCCC2)cn2ncnc(Nc3ccc(Br)cc3F)c12. The maximum atomic E-state index is 14.3. The molecule has 8 nitrogen and oxygen atoms in total. The average Bonchev–Trinajstić information content (AvgIpc) is 3.41. The Kier molecular flexibility index (Phi) is 6.38. The monoisotopic (exact) mass is 490 g/mol. The van der Waals surface area contributed by atoms with E-state index in [0.717, 1.165) is 19.6 Å². The van der Waals surface area contributed by atoms with E-state index in [4.69, 9.17) is 4.74 Å². The van der Waals surface area contributed by atoms with Gasteiger partial charge in [0.15, 0.2) is 17.1 Å². The first kappa shape index (κ1) is 21.5. The van der Waals surface area contributed by atoms with E-state index in [1.54, 1.807) is 30.3 Å². The third-order valence-electron chi connectivity index (χ3n) is 5.44. The van der Waals surface area contributed by atoms with Gasteiger partial charge in [-0.15, -0.1) is 0 Å². The number of aromatic nitrogens is 3. The van der Waals surface area contributed by atoms with Crippen molar-refractivity contribution in [3.63, 3.8) is 0 Å². The van der Waals surface area contributed by atoms with Gasteiger partial charge in [0.2, 0.25) is 0 Å². The fourth-order valence-corrected chi connectivity index (χ4v) is 4.09. The van der Waals surface area contributed by atoms with E-state index in [-0.39, 0.29) is 11.6 Å². The topological polar surface area (TPSA) is 75.0 Å². The van der Waals surface area contributed by atoms with Crippen molar-refractivity contribution in [3.05, 3.63) is 46.6 Å². The fraction of sp³-hybridized carbons (Fsp3) is 0.381. The number of halogens is 2. The molecule has 1 saturated heterocycles. The second-order valence-electron chi connectivity index (χ2n) is 7.50. The summed E-state index contributed by atoms with van der Waals surface area (Å²) in [7, 11) is 3.27. The van der Waals surface area contributed by atoms with Gasteiger partial charge in [-0.1, -0.05) is 15.9 Å². The molecule has 164 valence electrons. The Hall–Kier alpha value is -2.72. The zero-order chi connectivity index (χ0) is 22.0. The molecule has 1 N–H and O–H groups in total. The summed E-state index contributed by atoms with van der Waals surface area (Å²) in [5, 5.41) is 7.19. The van der Waals surface area contributed by atoms with Crippen LogP contribution in [-0.2, 0) is 0 Å². The predicted molar refractivity (Wildman–Crippen MR) is 120 cm³/mol. The highest BCUT2D eigenvalue weighted by Crippen LogP contribution is 2.33. The zero-order valence-corrected chi connectivity index (χ0v) is 19.0. The van der Waals surface area contributed by atoms with Gasteiger partial charge < -0.3 is 19.9 Å². The number of carbonyl (C=O) groups excluding carboxylic acids is 1. The summed E-state index contributed by atoms with van der Waals surface area (Å²) in [6.07, 6.45) is 5.39. The van der Waals surface area contributed by atoms with Gasteiger partial charge in [0.05, 0.1) is 12.8 Å². The number of carbonyl (C=O) groups is 1. The first-order chi connectivity index (χ1) is 15.0. The van der Waals surface area contributed by atoms with E-state index in [9.17, 15) is 9.18 Å². The molecule has 1 aliphatic rings. The van der Waals surface area contributed by atoms with Crippen molar-refractivity contribution in [1.29, 1.82) is 0 Å². The van der Waals surface area contributed by atoms with E-state index in [1.807, 2.05) is 0 Å². The predicted octanol–water partition coefficient (Wildman–Crippen LogP) is 3.55. The number of hydrogen-bond donors (Lipinski definition) is 1. The molecule has 3 aromatic rings. The van der Waals surface area contributed by atoms with Gasteiger partial charge in [-0.25, -0.2) is 13.9 Å². The van der Waals surface area contributed by atoms with Crippen LogP contribution in [-0.4, -0.2) is 70.6 Å². The standard InChI is InChI=1S/C21H24BrFN6O2/c1-27(9-10-28-7-3-4-8-28)21(30)15-12-29-18(19(15)31-2)20(24-13-25-29)26-17-6-5-14(22)11-16(17)23/h5-6,11-13H,3-4,7-10H2,1-2H3,(H,24,25,26). The minimum absolute atomic E-state index is 0.165. The van der Waals surface area contributed by atoms with E-state index < -0.39 is 5.82 Å². The summed E-state index contributed by atoms with van der Waals surface area (Å²) in [6.45, 7) is 3.62. The fourth-order valence-electron chi connectivity index (χ4n) is 3.76. The largest absolute Gasteiger partial charge is 0.493 e. The lowest BCUT2D eigenvalue weighted by molar-refractivity contribution is 0.0779. The number of nitrogens with one attached hydrogen (secondary N) is 1. The summed E-state index contributed by atoms with van der Waals surface area (Å²) >= 11 is 3.25. The molecule has 0 atom stereocenters. The molecule has 10 heteroatoms. The van der Waals surface area contributed by atoms with Crippen molar-refractivity contribution in [3.8, 4) is 5.75 Å². The maximum Gasteiger partial charge on any atom is 0.259 e. The number of hydrogen-bond acceptors (Lipinski definition) is 6. The molecule has 3 heterocycles. The lowest BCUT2D eigenvalue weighted by atomic mass is 10.2. The van der Waals surface area contributed by atoms with Crippen LogP contribution in [0.25, 0.3) is 5.52 Å². The molecular formula is C21H24BrFN6O2. The summed E-state index contributed by atoms with van der Waals surface area (Å²) in [5.74, 6) is 0.0856. The van der Waals surface area contributed by atoms with Crippen LogP contribution in [0.2, 0.25) is 0 Å². The molecule has 0 bridgehead atoms. The Morgan fingerprint density at radius 2 is 2.13 bits per heavy atom. The molecule has 1 aromatic carbocycles. The van der Waals surface area contributed by atoms with Crippen LogP contribution >= 0.6 is 15.9 Å². The van der Waals surface area contributed by atoms with Crippen molar-refractivity contribution < 1.29 is 13.9 Å². The molecular weight excluding hydrogens is 467 g/mol. The molecule has 0 aliphatic carbocycles. The number of likely N-dealkylation sites (tertiary alicyclic amines) is 1.